The molecule has 0 saturated heterocycles. The zero-order valence-corrected chi connectivity index (χ0v) is 28.2. The van der Waals surface area contributed by atoms with Crippen molar-refractivity contribution < 1.29 is 4.74 Å². The van der Waals surface area contributed by atoms with Crippen LogP contribution in [0.3, 0.4) is 0 Å². The molecule has 0 fully saturated rings. The third kappa shape index (κ3) is 3.48. The molecule has 9 aromatic carbocycles. The van der Waals surface area contributed by atoms with Crippen molar-refractivity contribution in [2.24, 2.45) is 0 Å². The first-order valence-electron chi connectivity index (χ1n) is 18.1. The second-order valence-electron chi connectivity index (χ2n) is 14.3. The molecule has 12 rings (SSSR count). The molecule has 1 spiro atoms. The van der Waals surface area contributed by atoms with E-state index in [0.29, 0.717) is 0 Å². The molecular formula is C51H30O. The fourth-order valence-electron chi connectivity index (χ4n) is 9.86. The van der Waals surface area contributed by atoms with Crippen molar-refractivity contribution >= 4 is 21.5 Å². The molecular weight excluding hydrogens is 629 g/mol. The van der Waals surface area contributed by atoms with Gasteiger partial charge >= 0.3 is 0 Å². The lowest BCUT2D eigenvalue weighted by Crippen LogP contribution is -2.25. The predicted molar refractivity (Wildman–Crippen MR) is 214 cm³/mol. The zero-order valence-electron chi connectivity index (χ0n) is 28.2. The number of hydrogen-bond acceptors (Lipinski definition) is 1. The number of benzene rings is 9. The molecule has 3 aliphatic rings. The molecule has 0 bridgehead atoms. The summed E-state index contributed by atoms with van der Waals surface area (Å²) >= 11 is 0. The number of para-hydroxylation sites is 1. The molecule has 0 amide bonds. The number of fused-ring (bicyclic) bond motifs is 14. The Morgan fingerprint density at radius 2 is 0.885 bits per heavy atom. The molecule has 1 aliphatic heterocycles. The van der Waals surface area contributed by atoms with Crippen LogP contribution in [0.15, 0.2) is 182 Å². The van der Waals surface area contributed by atoms with E-state index in [4.69, 9.17) is 4.74 Å². The maximum absolute atomic E-state index is 6.39. The van der Waals surface area contributed by atoms with Crippen LogP contribution in [0, 0.1) is 0 Å². The van der Waals surface area contributed by atoms with E-state index in [1.54, 1.807) is 0 Å². The van der Waals surface area contributed by atoms with Gasteiger partial charge in [-0.1, -0.05) is 170 Å². The standard InChI is InChI=1S/C51H30O/c1-2-12-35-31(11-1)27-29-45-49(35)41-15-4-7-20-43(41)51(45)42-19-6-3-14-40(42)48-36(16-10-21-44(48)51)33-25-23-32(24-26-33)34-28-30-47-50-38(34)17-9-18-39(50)37-13-5-8-22-46(37)52-47/h1-30H. The van der Waals surface area contributed by atoms with Crippen LogP contribution in [0.25, 0.3) is 77.2 Å². The summed E-state index contributed by atoms with van der Waals surface area (Å²) in [6.07, 6.45) is 0. The Morgan fingerprint density at radius 1 is 0.308 bits per heavy atom. The topological polar surface area (TPSA) is 9.23 Å². The van der Waals surface area contributed by atoms with Gasteiger partial charge in [-0.3, -0.25) is 0 Å². The van der Waals surface area contributed by atoms with E-state index in [2.05, 4.69) is 176 Å². The largest absolute Gasteiger partial charge is 0.456 e. The lowest BCUT2D eigenvalue weighted by molar-refractivity contribution is 0.487. The molecule has 0 aromatic heterocycles. The van der Waals surface area contributed by atoms with Crippen LogP contribution in [0.5, 0.6) is 11.5 Å². The summed E-state index contributed by atoms with van der Waals surface area (Å²) in [6, 6.07) is 67.2. The molecule has 0 N–H and O–H groups in total. The highest BCUT2D eigenvalue weighted by Gasteiger charge is 2.52. The molecule has 2 aliphatic carbocycles. The quantitative estimate of drug-likeness (QED) is 0.180. The first-order valence-corrected chi connectivity index (χ1v) is 18.1. The summed E-state index contributed by atoms with van der Waals surface area (Å²) in [5.41, 5.74) is 17.7. The van der Waals surface area contributed by atoms with Crippen LogP contribution in [0.2, 0.25) is 0 Å². The van der Waals surface area contributed by atoms with Crippen molar-refractivity contribution in [1.82, 2.24) is 0 Å². The fourth-order valence-corrected chi connectivity index (χ4v) is 9.86. The van der Waals surface area contributed by atoms with E-state index in [0.717, 1.165) is 17.1 Å². The van der Waals surface area contributed by atoms with Gasteiger partial charge in [-0.2, -0.15) is 0 Å². The van der Waals surface area contributed by atoms with Gasteiger partial charge in [-0.15, -0.1) is 0 Å². The molecule has 52 heavy (non-hydrogen) atoms. The highest BCUT2D eigenvalue weighted by Crippen LogP contribution is 2.65. The van der Waals surface area contributed by atoms with Crippen molar-refractivity contribution in [3.8, 4) is 67.1 Å². The van der Waals surface area contributed by atoms with Crippen molar-refractivity contribution in [1.29, 1.82) is 0 Å². The molecule has 1 unspecified atom stereocenters. The first kappa shape index (κ1) is 28.0. The molecule has 0 radical (unpaired) electrons. The smallest absolute Gasteiger partial charge is 0.135 e. The lowest BCUT2D eigenvalue weighted by Gasteiger charge is -2.30. The van der Waals surface area contributed by atoms with Gasteiger partial charge in [0.05, 0.1) is 5.41 Å². The van der Waals surface area contributed by atoms with Crippen LogP contribution in [0.1, 0.15) is 22.3 Å². The maximum Gasteiger partial charge on any atom is 0.135 e. The van der Waals surface area contributed by atoms with Gasteiger partial charge in [-0.05, 0) is 101 Å². The van der Waals surface area contributed by atoms with Crippen LogP contribution in [-0.2, 0) is 5.41 Å². The van der Waals surface area contributed by atoms with Gasteiger partial charge < -0.3 is 4.74 Å². The van der Waals surface area contributed by atoms with E-state index < -0.39 is 0 Å². The van der Waals surface area contributed by atoms with E-state index in [9.17, 15) is 0 Å². The summed E-state index contributed by atoms with van der Waals surface area (Å²) in [7, 11) is 0. The molecule has 1 heterocycles. The minimum Gasteiger partial charge on any atom is -0.456 e. The van der Waals surface area contributed by atoms with Crippen LogP contribution >= 0.6 is 0 Å². The molecule has 1 heteroatoms. The normalized spacial score (nSPS) is 15.5. The highest BCUT2D eigenvalue weighted by atomic mass is 16.5. The zero-order chi connectivity index (χ0) is 34.0. The Balaban J connectivity index is 1.05. The number of rotatable bonds is 2. The Kier molecular flexibility index (Phi) is 5.49. The van der Waals surface area contributed by atoms with Crippen LogP contribution < -0.4 is 4.74 Å². The first-order chi connectivity index (χ1) is 25.8. The predicted octanol–water partition coefficient (Wildman–Crippen LogP) is 13.4. The molecule has 0 saturated carbocycles. The molecule has 1 atom stereocenters. The van der Waals surface area contributed by atoms with E-state index in [1.165, 1.54) is 93.9 Å². The van der Waals surface area contributed by atoms with Gasteiger partial charge in [0.2, 0.25) is 0 Å². The van der Waals surface area contributed by atoms with Crippen LogP contribution in [-0.4, -0.2) is 0 Å². The Hall–Kier alpha value is -6.70. The van der Waals surface area contributed by atoms with Crippen molar-refractivity contribution in [2.45, 2.75) is 5.41 Å². The fraction of sp³-hybridized carbons (Fsp3) is 0.0196. The van der Waals surface area contributed by atoms with Gasteiger partial charge in [0.15, 0.2) is 0 Å². The van der Waals surface area contributed by atoms with Gasteiger partial charge in [0.1, 0.15) is 11.5 Å². The van der Waals surface area contributed by atoms with Crippen molar-refractivity contribution in [3.63, 3.8) is 0 Å². The lowest BCUT2D eigenvalue weighted by atomic mass is 9.70. The highest BCUT2D eigenvalue weighted by molar-refractivity contribution is 6.10. The summed E-state index contributed by atoms with van der Waals surface area (Å²) in [5, 5.41) is 4.98. The maximum atomic E-state index is 6.39. The average molecular weight is 659 g/mol. The monoisotopic (exact) mass is 658 g/mol. The van der Waals surface area contributed by atoms with E-state index in [1.807, 2.05) is 6.07 Å². The average Bonchev–Trinajstić information content (AvgIpc) is 3.69. The Bertz CT molecular complexity index is 2990. The summed E-state index contributed by atoms with van der Waals surface area (Å²) in [6.45, 7) is 0. The summed E-state index contributed by atoms with van der Waals surface area (Å²) < 4.78 is 6.39. The van der Waals surface area contributed by atoms with Crippen molar-refractivity contribution in [3.05, 3.63) is 204 Å². The minimum atomic E-state index is -0.387. The van der Waals surface area contributed by atoms with Crippen molar-refractivity contribution in [2.75, 3.05) is 0 Å². The SMILES string of the molecule is c1ccc2c(c1)Oc1ccc(-c3ccc(-c4cccc5c4-c4ccccc4C54c5ccccc5-c5c4ccc4ccccc54)cc3)c3cccc-2c13. The third-order valence-electron chi connectivity index (χ3n) is 11.9. The Morgan fingerprint density at radius 3 is 1.71 bits per heavy atom. The second-order valence-corrected chi connectivity index (χ2v) is 14.3. The van der Waals surface area contributed by atoms with E-state index in [-0.39, 0.29) is 5.41 Å². The second kappa shape index (κ2) is 10.2. The Labute approximate surface area is 302 Å². The minimum absolute atomic E-state index is 0.387. The van der Waals surface area contributed by atoms with Crippen LogP contribution in [0.4, 0.5) is 0 Å². The van der Waals surface area contributed by atoms with Gasteiger partial charge in [0, 0.05) is 10.9 Å². The van der Waals surface area contributed by atoms with Gasteiger partial charge in [0.25, 0.3) is 0 Å². The summed E-state index contributed by atoms with van der Waals surface area (Å²) in [4.78, 5) is 0. The van der Waals surface area contributed by atoms with E-state index >= 15 is 0 Å². The summed E-state index contributed by atoms with van der Waals surface area (Å²) in [5.74, 6) is 1.83. The molecule has 1 nitrogen and oxygen atoms in total. The number of hydrogen-bond donors (Lipinski definition) is 0. The third-order valence-corrected chi connectivity index (χ3v) is 11.9. The van der Waals surface area contributed by atoms with Gasteiger partial charge in [-0.25, -0.2) is 0 Å². The molecule has 240 valence electrons. The molecule has 9 aromatic rings. The number of ether oxygens (including phenoxy) is 1.